The molecule has 0 saturated heterocycles. The zero-order valence-corrected chi connectivity index (χ0v) is 11.3. The number of rotatable bonds is 8. The molecule has 1 aromatic carbocycles. The second-order valence-corrected chi connectivity index (χ2v) is 4.99. The highest BCUT2D eigenvalue weighted by Gasteiger charge is 2.02. The van der Waals surface area contributed by atoms with Gasteiger partial charge in [-0.1, -0.05) is 44.2 Å². The van der Waals surface area contributed by atoms with Crippen LogP contribution in [-0.2, 0) is 11.3 Å². The number of ether oxygens (including phenoxy) is 1. The van der Waals surface area contributed by atoms with Crippen molar-refractivity contribution in [2.45, 2.75) is 39.9 Å². The summed E-state index contributed by atoms with van der Waals surface area (Å²) in [6.45, 7) is 9.32. The normalized spacial score (nSPS) is 12.9. The summed E-state index contributed by atoms with van der Waals surface area (Å²) in [5, 5.41) is 3.43. The number of nitrogens with one attached hydrogen (secondary N) is 1. The second-order valence-electron chi connectivity index (χ2n) is 4.99. The van der Waals surface area contributed by atoms with Crippen LogP contribution in [0.2, 0.25) is 0 Å². The molecular formula is C15H25NO. The highest BCUT2D eigenvalue weighted by atomic mass is 16.5. The van der Waals surface area contributed by atoms with Crippen LogP contribution >= 0.6 is 0 Å². The molecule has 0 radical (unpaired) electrons. The van der Waals surface area contributed by atoms with Gasteiger partial charge in [0.15, 0.2) is 0 Å². The summed E-state index contributed by atoms with van der Waals surface area (Å²) in [5.74, 6) is 0.767. The molecule has 1 rings (SSSR count). The Kier molecular flexibility index (Phi) is 6.90. The van der Waals surface area contributed by atoms with E-state index in [1.807, 2.05) is 18.2 Å². The van der Waals surface area contributed by atoms with Crippen molar-refractivity contribution in [1.29, 1.82) is 0 Å². The van der Waals surface area contributed by atoms with Gasteiger partial charge in [0.25, 0.3) is 0 Å². The summed E-state index contributed by atoms with van der Waals surface area (Å²) in [4.78, 5) is 0. The van der Waals surface area contributed by atoms with Crippen molar-refractivity contribution < 1.29 is 4.74 Å². The Morgan fingerprint density at radius 2 is 1.82 bits per heavy atom. The zero-order valence-electron chi connectivity index (χ0n) is 11.3. The Bertz CT molecular complexity index is 284. The molecule has 1 unspecified atom stereocenters. The second kappa shape index (κ2) is 8.26. The average Bonchev–Trinajstić information content (AvgIpc) is 2.33. The summed E-state index contributed by atoms with van der Waals surface area (Å²) in [6.07, 6.45) is 1.49. The van der Waals surface area contributed by atoms with E-state index in [0.717, 1.165) is 19.0 Å². The maximum atomic E-state index is 5.77. The zero-order chi connectivity index (χ0) is 12.5. The molecule has 96 valence electrons. The smallest absolute Gasteiger partial charge is 0.0721 e. The molecule has 0 aromatic heterocycles. The molecule has 17 heavy (non-hydrogen) atoms. The average molecular weight is 235 g/mol. The van der Waals surface area contributed by atoms with E-state index >= 15 is 0 Å². The van der Waals surface area contributed by atoms with Crippen LogP contribution in [0.1, 0.15) is 32.8 Å². The van der Waals surface area contributed by atoms with Crippen molar-refractivity contribution in [3.63, 3.8) is 0 Å². The standard InChI is InChI=1S/C15H25NO/c1-13(2)9-10-16-11-14(3)17-12-15-7-5-4-6-8-15/h4-8,13-14,16H,9-12H2,1-3H3. The van der Waals surface area contributed by atoms with Gasteiger partial charge in [-0.3, -0.25) is 0 Å². The summed E-state index contributed by atoms with van der Waals surface area (Å²) in [6, 6.07) is 10.3. The molecule has 0 aliphatic rings. The topological polar surface area (TPSA) is 21.3 Å². The maximum absolute atomic E-state index is 5.77. The van der Waals surface area contributed by atoms with Gasteiger partial charge in [-0.15, -0.1) is 0 Å². The van der Waals surface area contributed by atoms with E-state index in [9.17, 15) is 0 Å². The Balaban J connectivity index is 2.07. The Morgan fingerprint density at radius 1 is 1.12 bits per heavy atom. The van der Waals surface area contributed by atoms with Crippen molar-refractivity contribution in [3.05, 3.63) is 35.9 Å². The fourth-order valence-corrected chi connectivity index (χ4v) is 1.57. The van der Waals surface area contributed by atoms with E-state index in [1.165, 1.54) is 12.0 Å². The highest BCUT2D eigenvalue weighted by Crippen LogP contribution is 2.03. The molecule has 1 N–H and O–H groups in total. The fraction of sp³-hybridized carbons (Fsp3) is 0.600. The van der Waals surface area contributed by atoms with Gasteiger partial charge in [-0.25, -0.2) is 0 Å². The summed E-state index contributed by atoms with van der Waals surface area (Å²) in [5.41, 5.74) is 1.24. The largest absolute Gasteiger partial charge is 0.373 e. The molecule has 1 atom stereocenters. The Morgan fingerprint density at radius 3 is 2.47 bits per heavy atom. The molecule has 0 aliphatic carbocycles. The third kappa shape index (κ3) is 7.14. The lowest BCUT2D eigenvalue weighted by atomic mass is 10.1. The minimum Gasteiger partial charge on any atom is -0.373 e. The lowest BCUT2D eigenvalue weighted by Crippen LogP contribution is -2.28. The molecular weight excluding hydrogens is 210 g/mol. The van der Waals surface area contributed by atoms with Crippen molar-refractivity contribution in [1.82, 2.24) is 5.32 Å². The van der Waals surface area contributed by atoms with Gasteiger partial charge in [0.05, 0.1) is 12.7 Å². The first kappa shape index (κ1) is 14.2. The van der Waals surface area contributed by atoms with Crippen LogP contribution in [-0.4, -0.2) is 19.2 Å². The SMILES string of the molecule is CC(C)CCNCC(C)OCc1ccccc1. The lowest BCUT2D eigenvalue weighted by Gasteiger charge is -2.14. The van der Waals surface area contributed by atoms with E-state index in [-0.39, 0.29) is 6.10 Å². The summed E-state index contributed by atoms with van der Waals surface area (Å²) >= 11 is 0. The van der Waals surface area contributed by atoms with Crippen molar-refractivity contribution >= 4 is 0 Å². The summed E-state index contributed by atoms with van der Waals surface area (Å²) < 4.78 is 5.77. The van der Waals surface area contributed by atoms with E-state index in [0.29, 0.717) is 6.61 Å². The van der Waals surface area contributed by atoms with E-state index in [1.54, 1.807) is 0 Å². The first-order valence-electron chi connectivity index (χ1n) is 6.54. The minimum atomic E-state index is 0.266. The van der Waals surface area contributed by atoms with Gasteiger partial charge in [0.1, 0.15) is 0 Å². The summed E-state index contributed by atoms with van der Waals surface area (Å²) in [7, 11) is 0. The van der Waals surface area contributed by atoms with Gasteiger partial charge in [-0.05, 0) is 31.4 Å². The van der Waals surface area contributed by atoms with Crippen molar-refractivity contribution in [3.8, 4) is 0 Å². The van der Waals surface area contributed by atoms with Gasteiger partial charge < -0.3 is 10.1 Å². The first-order chi connectivity index (χ1) is 8.18. The van der Waals surface area contributed by atoms with Crippen molar-refractivity contribution in [2.75, 3.05) is 13.1 Å². The highest BCUT2D eigenvalue weighted by molar-refractivity contribution is 5.13. The molecule has 0 aliphatic heterocycles. The Labute approximate surface area is 105 Å². The number of benzene rings is 1. The van der Waals surface area contributed by atoms with Gasteiger partial charge in [0.2, 0.25) is 0 Å². The van der Waals surface area contributed by atoms with Crippen LogP contribution in [0, 0.1) is 5.92 Å². The van der Waals surface area contributed by atoms with Gasteiger partial charge in [0, 0.05) is 6.54 Å². The van der Waals surface area contributed by atoms with Gasteiger partial charge in [-0.2, -0.15) is 0 Å². The predicted molar refractivity (Wildman–Crippen MR) is 73.0 cm³/mol. The molecule has 0 spiro atoms. The van der Waals surface area contributed by atoms with E-state index in [2.05, 4.69) is 38.2 Å². The first-order valence-corrected chi connectivity index (χ1v) is 6.54. The predicted octanol–water partition coefficient (Wildman–Crippen LogP) is 3.23. The minimum absolute atomic E-state index is 0.266. The molecule has 0 heterocycles. The van der Waals surface area contributed by atoms with Crippen molar-refractivity contribution in [2.24, 2.45) is 5.92 Å². The fourth-order valence-electron chi connectivity index (χ4n) is 1.57. The van der Waals surface area contributed by atoms with Crippen LogP contribution in [0.5, 0.6) is 0 Å². The molecule has 0 bridgehead atoms. The number of hydrogen-bond acceptors (Lipinski definition) is 2. The molecule has 1 aromatic rings. The molecule has 2 heteroatoms. The van der Waals surface area contributed by atoms with Crippen LogP contribution in [0.25, 0.3) is 0 Å². The third-order valence-corrected chi connectivity index (χ3v) is 2.71. The molecule has 0 fully saturated rings. The van der Waals surface area contributed by atoms with E-state index in [4.69, 9.17) is 4.74 Å². The van der Waals surface area contributed by atoms with Gasteiger partial charge >= 0.3 is 0 Å². The van der Waals surface area contributed by atoms with Crippen LogP contribution in [0.15, 0.2) is 30.3 Å². The van der Waals surface area contributed by atoms with Crippen LogP contribution < -0.4 is 5.32 Å². The van der Waals surface area contributed by atoms with E-state index < -0.39 is 0 Å². The molecule has 0 saturated carbocycles. The maximum Gasteiger partial charge on any atom is 0.0721 e. The lowest BCUT2D eigenvalue weighted by molar-refractivity contribution is 0.0531. The quantitative estimate of drug-likeness (QED) is 0.699. The number of hydrogen-bond donors (Lipinski definition) is 1. The monoisotopic (exact) mass is 235 g/mol. The third-order valence-electron chi connectivity index (χ3n) is 2.71. The molecule has 0 amide bonds. The molecule has 2 nitrogen and oxygen atoms in total. The van der Waals surface area contributed by atoms with Crippen LogP contribution in [0.4, 0.5) is 0 Å². The van der Waals surface area contributed by atoms with Crippen LogP contribution in [0.3, 0.4) is 0 Å². The Hall–Kier alpha value is -0.860.